The fraction of sp³-hybridized carbons (Fsp3) is 0.577. The van der Waals surface area contributed by atoms with Gasteiger partial charge in [-0.2, -0.15) is 0 Å². The molecule has 2 aliphatic rings. The second-order valence-corrected chi connectivity index (χ2v) is 9.84. The molecule has 1 N–H and O–H groups in total. The molecule has 2 fully saturated rings. The first-order chi connectivity index (χ1) is 17.5. The molecule has 36 heavy (non-hydrogen) atoms. The molecule has 0 bridgehead atoms. The molecular weight excluding hydrogens is 460 g/mol. The molecule has 10 heteroatoms. The van der Waals surface area contributed by atoms with Crippen LogP contribution in [0, 0.1) is 19.8 Å². The van der Waals surface area contributed by atoms with Gasteiger partial charge in [-0.15, -0.1) is 5.10 Å². The highest BCUT2D eigenvalue weighted by atomic mass is 16.5. The van der Waals surface area contributed by atoms with E-state index in [0.29, 0.717) is 50.5 Å². The van der Waals surface area contributed by atoms with Crippen LogP contribution < -0.4 is 5.56 Å². The summed E-state index contributed by atoms with van der Waals surface area (Å²) in [5.74, 6) is 0.338. The van der Waals surface area contributed by atoms with Crippen LogP contribution in [0.25, 0.3) is 10.9 Å². The number of nitrogens with zero attached hydrogens (tertiary/aromatic N) is 5. The number of ether oxygens (including phenoxy) is 2. The van der Waals surface area contributed by atoms with Crippen LogP contribution in [0.4, 0.5) is 0 Å². The molecule has 0 aliphatic carbocycles. The normalized spacial score (nSPS) is 20.1. The molecule has 0 unspecified atom stereocenters. The Morgan fingerprint density at radius 1 is 1.25 bits per heavy atom. The van der Waals surface area contributed by atoms with Crippen LogP contribution in [-0.2, 0) is 20.8 Å². The van der Waals surface area contributed by atoms with Crippen molar-refractivity contribution in [3.63, 3.8) is 0 Å². The Kier molecular flexibility index (Phi) is 7.15. The van der Waals surface area contributed by atoms with Gasteiger partial charge in [-0.05, 0) is 79.5 Å². The summed E-state index contributed by atoms with van der Waals surface area (Å²) >= 11 is 0. The van der Waals surface area contributed by atoms with Gasteiger partial charge in [0, 0.05) is 25.3 Å². The number of rotatable bonds is 7. The number of hydrogen-bond donors (Lipinski definition) is 1. The average Bonchev–Trinajstić information content (AvgIpc) is 3.56. The van der Waals surface area contributed by atoms with E-state index in [1.807, 2.05) is 32.9 Å². The van der Waals surface area contributed by atoms with E-state index < -0.39 is 6.04 Å². The van der Waals surface area contributed by atoms with Crippen molar-refractivity contribution in [2.75, 3.05) is 26.3 Å². The van der Waals surface area contributed by atoms with Crippen LogP contribution in [0.1, 0.15) is 61.2 Å². The Bertz CT molecular complexity index is 1290. The first-order valence-corrected chi connectivity index (χ1v) is 12.9. The highest BCUT2D eigenvalue weighted by Crippen LogP contribution is 2.32. The standard InChI is InChI=1S/C26H34N6O4/c1-4-35-26(34)18-9-11-31(12-10-18)23(24-28-29-30-32(24)15-20-6-5-13-36-20)21-14-19-8-7-16(2)17(3)22(19)27-25(21)33/h7-8,14,18,20,23H,4-6,9-13,15H2,1-3H3,(H,27,33)/t20-,23-/m1/s1. The van der Waals surface area contributed by atoms with Crippen molar-refractivity contribution in [3.8, 4) is 0 Å². The lowest BCUT2D eigenvalue weighted by Crippen LogP contribution is -2.42. The van der Waals surface area contributed by atoms with E-state index in [0.717, 1.165) is 41.5 Å². The molecule has 5 rings (SSSR count). The van der Waals surface area contributed by atoms with Crippen LogP contribution >= 0.6 is 0 Å². The second kappa shape index (κ2) is 10.5. The first-order valence-electron chi connectivity index (χ1n) is 12.9. The third-order valence-electron chi connectivity index (χ3n) is 7.59. The van der Waals surface area contributed by atoms with Gasteiger partial charge in [0.15, 0.2) is 5.82 Å². The Morgan fingerprint density at radius 3 is 2.78 bits per heavy atom. The number of aromatic amines is 1. The molecule has 0 saturated carbocycles. The van der Waals surface area contributed by atoms with E-state index in [1.54, 1.807) is 4.68 Å². The maximum Gasteiger partial charge on any atom is 0.309 e. The third kappa shape index (κ3) is 4.79. The lowest BCUT2D eigenvalue weighted by Gasteiger charge is -2.36. The highest BCUT2D eigenvalue weighted by molar-refractivity contribution is 5.83. The minimum atomic E-state index is -0.445. The van der Waals surface area contributed by atoms with Gasteiger partial charge in [0.25, 0.3) is 5.56 Å². The van der Waals surface area contributed by atoms with E-state index in [2.05, 4.69) is 31.5 Å². The summed E-state index contributed by atoms with van der Waals surface area (Å²) in [6.45, 7) is 8.82. The van der Waals surface area contributed by atoms with E-state index in [4.69, 9.17) is 9.47 Å². The summed E-state index contributed by atoms with van der Waals surface area (Å²) in [6, 6.07) is 5.63. The summed E-state index contributed by atoms with van der Waals surface area (Å²) in [5, 5.41) is 13.6. The predicted octanol–water partition coefficient (Wildman–Crippen LogP) is 2.67. The third-order valence-corrected chi connectivity index (χ3v) is 7.59. The number of H-pyrrole nitrogens is 1. The number of benzene rings is 1. The van der Waals surface area contributed by atoms with Gasteiger partial charge < -0.3 is 14.5 Å². The Labute approximate surface area is 210 Å². The predicted molar refractivity (Wildman–Crippen MR) is 134 cm³/mol. The number of hydrogen-bond acceptors (Lipinski definition) is 8. The topological polar surface area (TPSA) is 115 Å². The van der Waals surface area contributed by atoms with Crippen LogP contribution in [0.2, 0.25) is 0 Å². The number of aromatic nitrogens is 5. The summed E-state index contributed by atoms with van der Waals surface area (Å²) in [7, 11) is 0. The van der Waals surface area contributed by atoms with Crippen LogP contribution in [0.3, 0.4) is 0 Å². The Morgan fingerprint density at radius 2 is 2.06 bits per heavy atom. The zero-order chi connectivity index (χ0) is 25.2. The summed E-state index contributed by atoms with van der Waals surface area (Å²) in [4.78, 5) is 31.2. The minimum absolute atomic E-state index is 0.0583. The lowest BCUT2D eigenvalue weighted by molar-refractivity contribution is -0.149. The molecule has 3 aromatic rings. The summed E-state index contributed by atoms with van der Waals surface area (Å²) in [6.07, 6.45) is 3.36. The SMILES string of the molecule is CCOC(=O)C1CCN([C@H](c2cc3ccc(C)c(C)c3[nH]c2=O)c2nnnn2C[C@H]2CCCO2)CC1. The van der Waals surface area contributed by atoms with Crippen molar-refractivity contribution >= 4 is 16.9 Å². The van der Waals surface area contributed by atoms with E-state index in [-0.39, 0.29) is 23.6 Å². The molecule has 192 valence electrons. The van der Waals surface area contributed by atoms with Gasteiger partial charge in [-0.3, -0.25) is 14.5 Å². The van der Waals surface area contributed by atoms with Crippen LogP contribution in [0.5, 0.6) is 0 Å². The van der Waals surface area contributed by atoms with Crippen molar-refractivity contribution < 1.29 is 14.3 Å². The van der Waals surface area contributed by atoms with Crippen molar-refractivity contribution in [1.82, 2.24) is 30.1 Å². The van der Waals surface area contributed by atoms with Crippen LogP contribution in [-0.4, -0.2) is 68.5 Å². The largest absolute Gasteiger partial charge is 0.466 e. The summed E-state index contributed by atoms with van der Waals surface area (Å²) in [5.41, 5.74) is 3.49. The van der Waals surface area contributed by atoms with Gasteiger partial charge in [0.05, 0.1) is 30.7 Å². The molecule has 2 atom stereocenters. The van der Waals surface area contributed by atoms with Crippen LogP contribution in [0.15, 0.2) is 23.0 Å². The zero-order valence-electron chi connectivity index (χ0n) is 21.2. The number of pyridine rings is 1. The van der Waals surface area contributed by atoms with Crippen molar-refractivity contribution in [1.29, 1.82) is 0 Å². The number of aryl methyl sites for hydroxylation is 2. The van der Waals surface area contributed by atoms with Gasteiger partial charge in [-0.1, -0.05) is 12.1 Å². The monoisotopic (exact) mass is 494 g/mol. The molecule has 2 aliphatic heterocycles. The van der Waals surface area contributed by atoms with Gasteiger partial charge in [0.2, 0.25) is 0 Å². The Hall–Kier alpha value is -3.11. The van der Waals surface area contributed by atoms with Gasteiger partial charge in [0.1, 0.15) is 6.04 Å². The van der Waals surface area contributed by atoms with E-state index >= 15 is 0 Å². The zero-order valence-corrected chi connectivity index (χ0v) is 21.2. The first kappa shape index (κ1) is 24.6. The number of esters is 1. The molecule has 2 saturated heterocycles. The van der Waals surface area contributed by atoms with Crippen molar-refractivity contribution in [3.05, 3.63) is 51.1 Å². The number of carbonyl (C=O) groups is 1. The molecular formula is C26H34N6O4. The maximum atomic E-state index is 13.5. The number of piperidine rings is 1. The van der Waals surface area contributed by atoms with Crippen molar-refractivity contribution in [2.45, 2.75) is 65.1 Å². The smallest absolute Gasteiger partial charge is 0.309 e. The molecule has 10 nitrogen and oxygen atoms in total. The number of likely N-dealkylation sites (tertiary alicyclic amines) is 1. The molecule has 0 spiro atoms. The molecule has 0 amide bonds. The number of carbonyl (C=O) groups excluding carboxylic acids is 1. The number of tetrazole rings is 1. The van der Waals surface area contributed by atoms with Gasteiger partial charge in [-0.25, -0.2) is 4.68 Å². The Balaban J connectivity index is 1.53. The molecule has 2 aromatic heterocycles. The fourth-order valence-electron chi connectivity index (χ4n) is 5.42. The average molecular weight is 495 g/mol. The maximum absolute atomic E-state index is 13.5. The molecule has 1 aromatic carbocycles. The molecule has 4 heterocycles. The highest BCUT2D eigenvalue weighted by Gasteiger charge is 2.35. The van der Waals surface area contributed by atoms with Crippen molar-refractivity contribution in [2.24, 2.45) is 5.92 Å². The van der Waals surface area contributed by atoms with E-state index in [1.165, 1.54) is 0 Å². The fourth-order valence-corrected chi connectivity index (χ4v) is 5.42. The quantitative estimate of drug-likeness (QED) is 0.499. The summed E-state index contributed by atoms with van der Waals surface area (Å²) < 4.78 is 12.9. The number of nitrogens with one attached hydrogen (secondary N) is 1. The second-order valence-electron chi connectivity index (χ2n) is 9.84. The lowest BCUT2D eigenvalue weighted by atomic mass is 9.93. The van der Waals surface area contributed by atoms with Gasteiger partial charge >= 0.3 is 5.97 Å². The minimum Gasteiger partial charge on any atom is -0.466 e. The molecule has 0 radical (unpaired) electrons. The number of fused-ring (bicyclic) bond motifs is 1. The van der Waals surface area contributed by atoms with E-state index in [9.17, 15) is 9.59 Å².